The molecule has 2 aliphatic heterocycles. The Hall–Kier alpha value is -3.97. The summed E-state index contributed by atoms with van der Waals surface area (Å²) in [6, 6.07) is 16.5. The highest BCUT2D eigenvalue weighted by molar-refractivity contribution is 5.91. The van der Waals surface area contributed by atoms with Crippen molar-refractivity contribution in [1.29, 1.82) is 10.5 Å². The first-order valence-electron chi connectivity index (χ1n) is 10.3. The zero-order valence-electron chi connectivity index (χ0n) is 18.0. The van der Waals surface area contributed by atoms with Crippen molar-refractivity contribution in [3.05, 3.63) is 81.5 Å². The fourth-order valence-corrected chi connectivity index (χ4v) is 4.92. The SMILES string of the molecule is CC(C)(C)C(=O)[C@@H]1[C@H](c2ccc([N+](=O)[O-])cc2)C(C#N)(C#N)[C@@H]2c3ccccc3C=CN12. The van der Waals surface area contributed by atoms with Gasteiger partial charge in [0.15, 0.2) is 11.2 Å². The number of carbonyl (C=O) groups is 1. The summed E-state index contributed by atoms with van der Waals surface area (Å²) in [6.45, 7) is 5.45. The molecule has 0 aliphatic carbocycles. The van der Waals surface area contributed by atoms with E-state index in [1.54, 1.807) is 18.3 Å². The number of non-ortho nitro benzene ring substituents is 1. The van der Waals surface area contributed by atoms with Crippen molar-refractivity contribution in [1.82, 2.24) is 4.90 Å². The molecular weight excluding hydrogens is 404 g/mol. The van der Waals surface area contributed by atoms with Crippen molar-refractivity contribution < 1.29 is 9.72 Å². The maximum absolute atomic E-state index is 13.7. The van der Waals surface area contributed by atoms with Gasteiger partial charge in [-0.3, -0.25) is 14.9 Å². The Morgan fingerprint density at radius 2 is 1.72 bits per heavy atom. The number of hydrogen-bond acceptors (Lipinski definition) is 6. The predicted octanol–water partition coefficient (Wildman–Crippen LogP) is 4.74. The molecule has 0 amide bonds. The second-order valence-corrected chi connectivity index (χ2v) is 9.27. The van der Waals surface area contributed by atoms with Crippen LogP contribution in [0.3, 0.4) is 0 Å². The lowest BCUT2D eigenvalue weighted by Gasteiger charge is -2.36. The lowest BCUT2D eigenvalue weighted by molar-refractivity contribution is -0.384. The lowest BCUT2D eigenvalue weighted by atomic mass is 9.66. The van der Waals surface area contributed by atoms with Gasteiger partial charge in [0.1, 0.15) is 0 Å². The standard InChI is InChI=1S/C25H22N4O3/c1-24(2,3)23(30)21-20(17-8-10-18(11-9-17)29(31)32)25(14-26,15-27)22-19-7-5-4-6-16(19)12-13-28(21)22/h4-13,20-22H,1-3H3/t20-,21-,22-/m0/s1. The maximum atomic E-state index is 13.7. The molecule has 0 unspecified atom stereocenters. The molecule has 32 heavy (non-hydrogen) atoms. The maximum Gasteiger partial charge on any atom is 0.269 e. The fraction of sp³-hybridized carbons (Fsp3) is 0.320. The largest absolute Gasteiger partial charge is 0.357 e. The van der Waals surface area contributed by atoms with E-state index in [9.17, 15) is 25.4 Å². The van der Waals surface area contributed by atoms with Gasteiger partial charge in [0.2, 0.25) is 0 Å². The van der Waals surface area contributed by atoms with Gasteiger partial charge in [0, 0.05) is 29.7 Å². The number of nitrogens with zero attached hydrogens (tertiary/aromatic N) is 4. The van der Waals surface area contributed by atoms with Crippen molar-refractivity contribution in [2.24, 2.45) is 10.8 Å². The third kappa shape index (κ3) is 2.98. The Morgan fingerprint density at radius 1 is 1.09 bits per heavy atom. The quantitative estimate of drug-likeness (QED) is 0.518. The monoisotopic (exact) mass is 426 g/mol. The van der Waals surface area contributed by atoms with Crippen LogP contribution < -0.4 is 0 Å². The summed E-state index contributed by atoms with van der Waals surface area (Å²) in [7, 11) is 0. The Morgan fingerprint density at radius 3 is 2.28 bits per heavy atom. The fourth-order valence-electron chi connectivity index (χ4n) is 4.92. The summed E-state index contributed by atoms with van der Waals surface area (Å²) in [6.07, 6.45) is 3.70. The molecule has 3 atom stereocenters. The molecule has 2 aliphatic rings. The van der Waals surface area contributed by atoms with E-state index >= 15 is 0 Å². The molecule has 0 N–H and O–H groups in total. The van der Waals surface area contributed by atoms with Gasteiger partial charge >= 0.3 is 0 Å². The Bertz CT molecular complexity index is 1200. The number of ketones is 1. The second kappa shape index (κ2) is 7.32. The molecular formula is C25H22N4O3. The van der Waals surface area contributed by atoms with Crippen LogP contribution in [0, 0.1) is 43.6 Å². The predicted molar refractivity (Wildman–Crippen MR) is 118 cm³/mol. The highest BCUT2D eigenvalue weighted by Crippen LogP contribution is 2.60. The van der Waals surface area contributed by atoms with Gasteiger partial charge in [0.05, 0.1) is 29.1 Å². The van der Waals surface area contributed by atoms with E-state index in [2.05, 4.69) is 12.1 Å². The molecule has 160 valence electrons. The Labute approximate surface area is 186 Å². The van der Waals surface area contributed by atoms with Crippen LogP contribution in [-0.2, 0) is 4.79 Å². The first kappa shape index (κ1) is 21.3. The summed E-state index contributed by atoms with van der Waals surface area (Å²) < 4.78 is 0. The van der Waals surface area contributed by atoms with E-state index < -0.39 is 33.8 Å². The number of fused-ring (bicyclic) bond motifs is 3. The highest BCUT2D eigenvalue weighted by atomic mass is 16.6. The molecule has 1 saturated heterocycles. The van der Waals surface area contributed by atoms with Crippen LogP contribution in [0.5, 0.6) is 0 Å². The van der Waals surface area contributed by atoms with Gasteiger partial charge in [-0.1, -0.05) is 57.2 Å². The van der Waals surface area contributed by atoms with Crippen molar-refractivity contribution >= 4 is 17.5 Å². The van der Waals surface area contributed by atoms with Gasteiger partial charge in [-0.2, -0.15) is 10.5 Å². The van der Waals surface area contributed by atoms with Crippen LogP contribution in [0.25, 0.3) is 6.08 Å². The number of nitro groups is 1. The summed E-state index contributed by atoms with van der Waals surface area (Å²) in [5.41, 5.74) is -0.110. The second-order valence-electron chi connectivity index (χ2n) is 9.27. The Kier molecular flexibility index (Phi) is 4.86. The molecule has 0 bridgehead atoms. The molecule has 2 aromatic rings. The normalized spacial score (nSPS) is 22.9. The summed E-state index contributed by atoms with van der Waals surface area (Å²) in [4.78, 5) is 26.2. The third-order valence-corrected chi connectivity index (χ3v) is 6.41. The highest BCUT2D eigenvalue weighted by Gasteiger charge is 2.64. The topological polar surface area (TPSA) is 111 Å². The third-order valence-electron chi connectivity index (χ3n) is 6.41. The lowest BCUT2D eigenvalue weighted by Crippen LogP contribution is -2.43. The molecule has 0 aromatic heterocycles. The minimum atomic E-state index is -1.57. The van der Waals surface area contributed by atoms with E-state index in [0.717, 1.165) is 11.1 Å². The van der Waals surface area contributed by atoms with E-state index in [0.29, 0.717) is 5.56 Å². The molecule has 2 aromatic carbocycles. The summed E-state index contributed by atoms with van der Waals surface area (Å²) in [5.74, 6) is -0.881. The molecule has 7 nitrogen and oxygen atoms in total. The summed E-state index contributed by atoms with van der Waals surface area (Å²) >= 11 is 0. The molecule has 1 fully saturated rings. The number of nitriles is 2. The summed E-state index contributed by atoms with van der Waals surface area (Å²) in [5, 5.41) is 32.0. The molecule has 0 radical (unpaired) electrons. The minimum Gasteiger partial charge on any atom is -0.357 e. The first-order valence-corrected chi connectivity index (χ1v) is 10.3. The zero-order chi connectivity index (χ0) is 23.3. The van der Waals surface area contributed by atoms with Gasteiger partial charge in [-0.05, 0) is 22.8 Å². The van der Waals surface area contributed by atoms with Gasteiger partial charge in [-0.25, -0.2) is 0 Å². The van der Waals surface area contributed by atoms with E-state index in [-0.39, 0.29) is 11.5 Å². The average Bonchev–Trinajstić information content (AvgIpc) is 3.08. The van der Waals surface area contributed by atoms with Crippen LogP contribution in [0.2, 0.25) is 0 Å². The number of rotatable bonds is 3. The number of Topliss-reactive ketones (excluding diaryl/α,β-unsaturated/α-hetero) is 1. The number of benzene rings is 2. The van der Waals surface area contributed by atoms with Crippen LogP contribution in [-0.4, -0.2) is 21.6 Å². The molecule has 0 saturated carbocycles. The smallest absolute Gasteiger partial charge is 0.269 e. The van der Waals surface area contributed by atoms with Crippen molar-refractivity contribution in [2.75, 3.05) is 0 Å². The first-order chi connectivity index (χ1) is 15.2. The van der Waals surface area contributed by atoms with Gasteiger partial charge < -0.3 is 4.90 Å². The van der Waals surface area contributed by atoms with Crippen LogP contribution in [0.4, 0.5) is 5.69 Å². The van der Waals surface area contributed by atoms with E-state index in [1.165, 1.54) is 12.1 Å². The molecule has 4 rings (SSSR count). The van der Waals surface area contributed by atoms with Crippen LogP contribution in [0.15, 0.2) is 54.7 Å². The number of hydrogen-bond donors (Lipinski definition) is 0. The van der Waals surface area contributed by atoms with Crippen LogP contribution >= 0.6 is 0 Å². The van der Waals surface area contributed by atoms with E-state index in [1.807, 2.05) is 56.0 Å². The van der Waals surface area contributed by atoms with Crippen molar-refractivity contribution in [2.45, 2.75) is 38.8 Å². The van der Waals surface area contributed by atoms with Gasteiger partial charge in [0.25, 0.3) is 5.69 Å². The zero-order valence-corrected chi connectivity index (χ0v) is 18.0. The molecule has 0 spiro atoms. The van der Waals surface area contributed by atoms with Crippen molar-refractivity contribution in [3.63, 3.8) is 0 Å². The number of carbonyl (C=O) groups excluding carboxylic acids is 1. The van der Waals surface area contributed by atoms with Crippen molar-refractivity contribution in [3.8, 4) is 12.1 Å². The Balaban J connectivity index is 1.99. The minimum absolute atomic E-state index is 0.0899. The van der Waals surface area contributed by atoms with E-state index in [4.69, 9.17) is 0 Å². The van der Waals surface area contributed by atoms with Gasteiger partial charge in [-0.15, -0.1) is 0 Å². The molecule has 7 heteroatoms. The number of nitro benzene ring substituents is 1. The average molecular weight is 426 g/mol. The molecule has 2 heterocycles. The van der Waals surface area contributed by atoms with Crippen LogP contribution in [0.1, 0.15) is 49.4 Å².